The van der Waals surface area contributed by atoms with E-state index in [4.69, 9.17) is 4.74 Å². The summed E-state index contributed by atoms with van der Waals surface area (Å²) < 4.78 is 5.37. The van der Waals surface area contributed by atoms with Gasteiger partial charge < -0.3 is 4.74 Å². The maximum absolute atomic E-state index is 13.2. The monoisotopic (exact) mass is 351 g/mol. The second kappa shape index (κ2) is 6.94. The molecule has 1 aliphatic rings. The third-order valence-corrected chi connectivity index (χ3v) is 4.67. The molecule has 1 heterocycles. The van der Waals surface area contributed by atoms with Gasteiger partial charge in [0.05, 0.1) is 6.61 Å². The van der Waals surface area contributed by atoms with Crippen LogP contribution in [0.3, 0.4) is 0 Å². The van der Waals surface area contributed by atoms with Crippen molar-refractivity contribution in [1.82, 2.24) is 0 Å². The first kappa shape index (κ1) is 18.2. The minimum Gasteiger partial charge on any atom is -0.464 e. The first-order chi connectivity index (χ1) is 12.4. The summed E-state index contributed by atoms with van der Waals surface area (Å²) in [5.41, 5.74) is 2.17. The number of ether oxygens (including phenoxy) is 1. The van der Waals surface area contributed by atoms with Crippen molar-refractivity contribution in [3.63, 3.8) is 0 Å². The van der Waals surface area contributed by atoms with Crippen LogP contribution in [0.4, 0.5) is 5.69 Å². The predicted octanol–water partition coefficient (Wildman–Crippen LogP) is 4.14. The maximum atomic E-state index is 13.2. The van der Waals surface area contributed by atoms with Gasteiger partial charge in [-0.25, -0.2) is 4.79 Å². The van der Waals surface area contributed by atoms with Crippen molar-refractivity contribution in [3.8, 4) is 0 Å². The van der Waals surface area contributed by atoms with Crippen molar-refractivity contribution in [2.45, 2.75) is 39.7 Å². The smallest absolute Gasteiger partial charge is 0.330 e. The molecule has 136 valence electrons. The zero-order chi connectivity index (χ0) is 18.9. The Bertz CT molecular complexity index is 808. The first-order valence-corrected chi connectivity index (χ1v) is 9.00. The molecule has 0 spiro atoms. The number of nitrogens with zero attached hydrogens (tertiary/aromatic N) is 1. The number of para-hydroxylation sites is 1. The van der Waals surface area contributed by atoms with E-state index < -0.39 is 11.5 Å². The third-order valence-electron chi connectivity index (χ3n) is 4.67. The molecule has 2 aromatic rings. The molecule has 26 heavy (non-hydrogen) atoms. The van der Waals surface area contributed by atoms with E-state index in [2.05, 4.69) is 0 Å². The summed E-state index contributed by atoms with van der Waals surface area (Å²) in [6.07, 6.45) is 0. The van der Waals surface area contributed by atoms with Gasteiger partial charge in [-0.2, -0.15) is 0 Å². The molecule has 0 aliphatic carbocycles. The average Bonchev–Trinajstić information content (AvgIpc) is 2.96. The lowest BCUT2D eigenvalue weighted by Crippen LogP contribution is -2.49. The van der Waals surface area contributed by atoms with Crippen molar-refractivity contribution < 1.29 is 14.3 Å². The Balaban J connectivity index is 2.19. The summed E-state index contributed by atoms with van der Waals surface area (Å²) in [6, 6.07) is 16.9. The Morgan fingerprint density at radius 2 is 1.62 bits per heavy atom. The predicted molar refractivity (Wildman–Crippen MR) is 102 cm³/mol. The number of anilines is 1. The van der Waals surface area contributed by atoms with Crippen LogP contribution in [-0.4, -0.2) is 24.5 Å². The van der Waals surface area contributed by atoms with Gasteiger partial charge in [-0.1, -0.05) is 69.3 Å². The third kappa shape index (κ3) is 3.12. The molecular formula is C22H25NO3. The van der Waals surface area contributed by atoms with E-state index in [-0.39, 0.29) is 24.4 Å². The molecule has 0 saturated carbocycles. The summed E-state index contributed by atoms with van der Waals surface area (Å²) in [7, 11) is 0. The number of hydrogen-bond acceptors (Lipinski definition) is 3. The van der Waals surface area contributed by atoms with Crippen molar-refractivity contribution >= 4 is 17.6 Å². The van der Waals surface area contributed by atoms with Crippen molar-refractivity contribution in [2.75, 3.05) is 11.5 Å². The van der Waals surface area contributed by atoms with Crippen molar-refractivity contribution in [3.05, 3.63) is 65.7 Å². The molecule has 1 aliphatic heterocycles. The normalized spacial score (nSPS) is 19.2. The Morgan fingerprint density at radius 1 is 1.00 bits per heavy atom. The van der Waals surface area contributed by atoms with Gasteiger partial charge >= 0.3 is 5.97 Å². The number of amides is 1. The average molecular weight is 351 g/mol. The highest BCUT2D eigenvalue weighted by Crippen LogP contribution is 2.46. The zero-order valence-electron chi connectivity index (χ0n) is 15.7. The molecule has 0 N–H and O–H groups in total. The Morgan fingerprint density at radius 3 is 2.23 bits per heavy atom. The number of benzene rings is 2. The summed E-state index contributed by atoms with van der Waals surface area (Å²) >= 11 is 0. The van der Waals surface area contributed by atoms with E-state index in [9.17, 15) is 9.59 Å². The van der Waals surface area contributed by atoms with Crippen LogP contribution in [0.1, 0.15) is 44.7 Å². The highest BCUT2D eigenvalue weighted by Gasteiger charge is 2.49. The van der Waals surface area contributed by atoms with Crippen LogP contribution in [0, 0.1) is 5.41 Å². The van der Waals surface area contributed by atoms with Gasteiger partial charge in [0.2, 0.25) is 5.91 Å². The fraction of sp³-hybridized carbons (Fsp3) is 0.364. The maximum Gasteiger partial charge on any atom is 0.330 e. The van der Waals surface area contributed by atoms with E-state index >= 15 is 0 Å². The van der Waals surface area contributed by atoms with Crippen LogP contribution >= 0.6 is 0 Å². The van der Waals surface area contributed by atoms with Gasteiger partial charge in [0.1, 0.15) is 6.04 Å². The van der Waals surface area contributed by atoms with E-state index in [1.807, 2.05) is 75.4 Å². The molecule has 0 aromatic heterocycles. The molecule has 0 fully saturated rings. The van der Waals surface area contributed by atoms with Crippen LogP contribution < -0.4 is 4.90 Å². The second-order valence-electron chi connectivity index (χ2n) is 7.57. The number of esters is 1. The van der Waals surface area contributed by atoms with Gasteiger partial charge in [-0.05, 0) is 24.1 Å². The number of fused-ring (bicyclic) bond motifs is 1. The number of carbonyl (C=O) groups excluding carboxylic acids is 2. The highest BCUT2D eigenvalue weighted by molar-refractivity contribution is 6.05. The number of rotatable bonds is 3. The Hall–Kier alpha value is -2.62. The van der Waals surface area contributed by atoms with Crippen LogP contribution in [0.25, 0.3) is 0 Å². The van der Waals surface area contributed by atoms with E-state index in [0.29, 0.717) is 0 Å². The minimum atomic E-state index is -0.693. The van der Waals surface area contributed by atoms with E-state index in [1.165, 1.54) is 0 Å². The molecule has 0 saturated heterocycles. The van der Waals surface area contributed by atoms with E-state index in [0.717, 1.165) is 16.8 Å². The first-order valence-electron chi connectivity index (χ1n) is 9.00. The van der Waals surface area contributed by atoms with Gasteiger partial charge in [-0.15, -0.1) is 0 Å². The topological polar surface area (TPSA) is 46.6 Å². The second-order valence-corrected chi connectivity index (χ2v) is 7.57. The van der Waals surface area contributed by atoms with Crippen LogP contribution in [0.5, 0.6) is 0 Å². The summed E-state index contributed by atoms with van der Waals surface area (Å²) in [6.45, 7) is 7.68. The number of hydrogen-bond donors (Lipinski definition) is 0. The largest absolute Gasteiger partial charge is 0.464 e. The Kier molecular flexibility index (Phi) is 4.86. The fourth-order valence-corrected chi connectivity index (χ4v) is 3.53. The molecule has 2 aromatic carbocycles. The van der Waals surface area contributed by atoms with Crippen molar-refractivity contribution in [1.29, 1.82) is 0 Å². The number of carbonyl (C=O) groups is 2. The SMILES string of the molecule is CCOC(=O)[C@H]1[C@H](c2ccccc2)c2ccccc2N1C(=O)C(C)(C)C. The van der Waals surface area contributed by atoms with E-state index in [1.54, 1.807) is 11.8 Å². The van der Waals surface area contributed by atoms with Gasteiger partial charge in [0.15, 0.2) is 0 Å². The van der Waals surface area contributed by atoms with Gasteiger partial charge in [0, 0.05) is 17.0 Å². The molecule has 1 amide bonds. The molecule has 4 heteroatoms. The molecule has 0 radical (unpaired) electrons. The summed E-state index contributed by atoms with van der Waals surface area (Å²) in [4.78, 5) is 27.8. The molecule has 3 rings (SSSR count). The van der Waals surface area contributed by atoms with Gasteiger partial charge in [-0.3, -0.25) is 9.69 Å². The minimum absolute atomic E-state index is 0.0820. The molecule has 0 bridgehead atoms. The highest BCUT2D eigenvalue weighted by atomic mass is 16.5. The standard InChI is InChI=1S/C22H25NO3/c1-5-26-20(24)19-18(15-11-7-6-8-12-15)16-13-9-10-14-17(16)23(19)21(25)22(2,3)4/h6-14,18-19H,5H2,1-4H3/t18-,19-/m1/s1. The quantitative estimate of drug-likeness (QED) is 0.781. The summed E-state index contributed by atoms with van der Waals surface area (Å²) in [5, 5.41) is 0. The lowest BCUT2D eigenvalue weighted by atomic mass is 9.87. The zero-order valence-corrected chi connectivity index (χ0v) is 15.7. The van der Waals surface area contributed by atoms with Crippen LogP contribution in [0.2, 0.25) is 0 Å². The van der Waals surface area contributed by atoms with Crippen LogP contribution in [-0.2, 0) is 14.3 Å². The van der Waals surface area contributed by atoms with Gasteiger partial charge in [0.25, 0.3) is 0 Å². The van der Waals surface area contributed by atoms with Crippen molar-refractivity contribution in [2.24, 2.45) is 5.41 Å². The molecule has 2 atom stereocenters. The molecular weight excluding hydrogens is 326 g/mol. The Labute approximate surface area is 154 Å². The fourth-order valence-electron chi connectivity index (χ4n) is 3.53. The molecule has 0 unspecified atom stereocenters. The molecule has 4 nitrogen and oxygen atoms in total. The van der Waals surface area contributed by atoms with Crippen LogP contribution in [0.15, 0.2) is 54.6 Å². The lowest BCUT2D eigenvalue weighted by molar-refractivity contribution is -0.146. The summed E-state index contributed by atoms with van der Waals surface area (Å²) in [5.74, 6) is -0.686. The lowest BCUT2D eigenvalue weighted by Gasteiger charge is -2.32.